The van der Waals surface area contributed by atoms with Crippen LogP contribution in [0.5, 0.6) is 0 Å². The highest BCUT2D eigenvalue weighted by Crippen LogP contribution is 2.20. The number of amides is 2. The summed E-state index contributed by atoms with van der Waals surface area (Å²) in [6, 6.07) is 16.6. The molecule has 0 unspecified atom stereocenters. The fourth-order valence-electron chi connectivity index (χ4n) is 2.65. The third-order valence-electron chi connectivity index (χ3n) is 3.91. The van der Waals surface area contributed by atoms with E-state index in [1.165, 1.54) is 0 Å². The summed E-state index contributed by atoms with van der Waals surface area (Å²) in [5.74, 6) is 0. The van der Waals surface area contributed by atoms with E-state index < -0.39 is 0 Å². The number of anilines is 1. The Morgan fingerprint density at radius 3 is 2.76 bits per heavy atom. The van der Waals surface area contributed by atoms with Crippen molar-refractivity contribution >= 4 is 34.4 Å². The fourth-order valence-corrected chi connectivity index (χ4v) is 3.11. The van der Waals surface area contributed by atoms with E-state index >= 15 is 0 Å². The molecule has 6 heteroatoms. The van der Waals surface area contributed by atoms with E-state index in [4.69, 9.17) is 0 Å². The first-order valence-electron chi connectivity index (χ1n) is 7.84. The molecule has 0 aliphatic carbocycles. The average molecular weight is 353 g/mol. The van der Waals surface area contributed by atoms with Crippen molar-refractivity contribution < 1.29 is 4.79 Å². The molecule has 0 spiro atoms. The number of hydrogen-bond donors (Lipinski definition) is 2. The van der Waals surface area contributed by atoms with Crippen molar-refractivity contribution in [3.05, 3.63) is 70.5 Å². The van der Waals surface area contributed by atoms with Crippen molar-refractivity contribution in [3.8, 4) is 0 Å². The zero-order chi connectivity index (χ0) is 17.8. The van der Waals surface area contributed by atoms with Crippen LogP contribution >= 0.6 is 11.8 Å². The number of urea groups is 1. The Labute approximate surface area is 150 Å². The quantitative estimate of drug-likeness (QED) is 0.699. The highest BCUT2D eigenvalue weighted by Gasteiger charge is 2.12. The van der Waals surface area contributed by atoms with Crippen LogP contribution in [0.1, 0.15) is 5.56 Å². The molecule has 1 heterocycles. The number of hydrogen-bond acceptors (Lipinski definition) is 3. The maximum absolute atomic E-state index is 12.5. The molecule has 0 radical (unpaired) electrons. The molecule has 2 N–H and O–H groups in total. The number of H-pyrrole nitrogens is 1. The number of para-hydroxylation sites is 1. The summed E-state index contributed by atoms with van der Waals surface area (Å²) in [6.45, 7) is 0.346. The lowest BCUT2D eigenvalue weighted by Crippen LogP contribution is -2.31. The van der Waals surface area contributed by atoms with E-state index in [1.54, 1.807) is 29.8 Å². The van der Waals surface area contributed by atoms with Crippen molar-refractivity contribution in [1.29, 1.82) is 0 Å². The first-order valence-corrected chi connectivity index (χ1v) is 9.06. The summed E-state index contributed by atoms with van der Waals surface area (Å²) < 4.78 is 0. The number of aromatic amines is 1. The molecule has 0 saturated heterocycles. The second-order valence-electron chi connectivity index (χ2n) is 5.72. The Balaban J connectivity index is 1.79. The van der Waals surface area contributed by atoms with Crippen LogP contribution in [0.2, 0.25) is 0 Å². The minimum absolute atomic E-state index is 0.171. The van der Waals surface area contributed by atoms with Crippen molar-refractivity contribution in [3.63, 3.8) is 0 Å². The summed E-state index contributed by atoms with van der Waals surface area (Å²) in [5.41, 5.74) is 2.16. The zero-order valence-electron chi connectivity index (χ0n) is 14.1. The SMILES string of the molecule is CSc1cccc(NC(=O)N(C)Cc2cc(=O)[nH]c3ccccc23)c1. The number of nitrogens with one attached hydrogen (secondary N) is 2. The Kier molecular flexibility index (Phi) is 5.09. The molecule has 0 aliphatic rings. The third kappa shape index (κ3) is 4.03. The van der Waals surface area contributed by atoms with Crippen LogP contribution in [0.25, 0.3) is 10.9 Å². The van der Waals surface area contributed by atoms with Gasteiger partial charge >= 0.3 is 6.03 Å². The van der Waals surface area contributed by atoms with Gasteiger partial charge in [-0.15, -0.1) is 11.8 Å². The van der Waals surface area contributed by atoms with Gasteiger partial charge in [-0.05, 0) is 36.1 Å². The minimum Gasteiger partial charge on any atom is -0.323 e. The second kappa shape index (κ2) is 7.44. The Hall–Kier alpha value is -2.73. The van der Waals surface area contributed by atoms with Crippen LogP contribution in [0.15, 0.2) is 64.3 Å². The summed E-state index contributed by atoms with van der Waals surface area (Å²) in [7, 11) is 1.71. The van der Waals surface area contributed by atoms with Crippen LogP contribution in [-0.4, -0.2) is 29.2 Å². The number of rotatable bonds is 4. The van der Waals surface area contributed by atoms with Crippen molar-refractivity contribution in [2.75, 3.05) is 18.6 Å². The maximum atomic E-state index is 12.5. The lowest BCUT2D eigenvalue weighted by molar-refractivity contribution is 0.221. The van der Waals surface area contributed by atoms with Crippen molar-refractivity contribution in [2.24, 2.45) is 0 Å². The van der Waals surface area contributed by atoms with Crippen LogP contribution in [0, 0.1) is 0 Å². The lowest BCUT2D eigenvalue weighted by atomic mass is 10.1. The smallest absolute Gasteiger partial charge is 0.321 e. The predicted octanol–water partition coefficient (Wildman–Crippen LogP) is 3.91. The van der Waals surface area contributed by atoms with E-state index in [0.29, 0.717) is 6.54 Å². The van der Waals surface area contributed by atoms with Gasteiger partial charge < -0.3 is 15.2 Å². The molecule has 1 aromatic heterocycles. The van der Waals surface area contributed by atoms with Crippen molar-refractivity contribution in [1.82, 2.24) is 9.88 Å². The number of thioether (sulfide) groups is 1. The Morgan fingerprint density at radius 2 is 1.96 bits per heavy atom. The minimum atomic E-state index is -0.220. The van der Waals surface area contributed by atoms with Gasteiger partial charge in [-0.25, -0.2) is 4.79 Å². The molecule has 3 aromatic rings. The van der Waals surface area contributed by atoms with Gasteiger partial charge in [-0.2, -0.15) is 0 Å². The van der Waals surface area contributed by atoms with E-state index in [2.05, 4.69) is 10.3 Å². The molecular formula is C19H19N3O2S. The molecule has 5 nitrogen and oxygen atoms in total. The molecule has 0 atom stereocenters. The van der Waals surface area contributed by atoms with E-state index in [1.807, 2.05) is 54.8 Å². The summed E-state index contributed by atoms with van der Waals surface area (Å²) in [5, 5.41) is 3.82. The molecule has 2 amide bonds. The number of nitrogens with zero attached hydrogens (tertiary/aromatic N) is 1. The highest BCUT2D eigenvalue weighted by molar-refractivity contribution is 7.98. The maximum Gasteiger partial charge on any atom is 0.321 e. The van der Waals surface area contributed by atoms with Gasteiger partial charge in [0, 0.05) is 41.1 Å². The summed E-state index contributed by atoms with van der Waals surface area (Å²) >= 11 is 1.62. The van der Waals surface area contributed by atoms with E-state index in [0.717, 1.165) is 27.0 Å². The largest absolute Gasteiger partial charge is 0.323 e. The number of carbonyl (C=O) groups excluding carboxylic acids is 1. The first-order chi connectivity index (χ1) is 12.1. The molecular weight excluding hydrogens is 334 g/mol. The fraction of sp³-hybridized carbons (Fsp3) is 0.158. The van der Waals surface area contributed by atoms with Gasteiger partial charge in [0.15, 0.2) is 0 Å². The summed E-state index contributed by atoms with van der Waals surface area (Å²) in [6.07, 6.45) is 1.99. The van der Waals surface area contributed by atoms with Crippen LogP contribution in [0.3, 0.4) is 0 Å². The molecule has 3 rings (SSSR count). The normalized spacial score (nSPS) is 10.6. The molecule has 0 saturated carbocycles. The molecule has 25 heavy (non-hydrogen) atoms. The molecule has 0 aliphatic heterocycles. The van der Waals surface area contributed by atoms with Gasteiger partial charge in [0.1, 0.15) is 0 Å². The second-order valence-corrected chi connectivity index (χ2v) is 6.60. The van der Waals surface area contributed by atoms with Gasteiger partial charge in [0.25, 0.3) is 0 Å². The van der Waals surface area contributed by atoms with Gasteiger partial charge in [0.05, 0.1) is 0 Å². The van der Waals surface area contributed by atoms with Crippen LogP contribution < -0.4 is 10.9 Å². The topological polar surface area (TPSA) is 65.2 Å². The van der Waals surface area contributed by atoms with Crippen LogP contribution in [-0.2, 0) is 6.54 Å². The third-order valence-corrected chi connectivity index (χ3v) is 4.64. The Morgan fingerprint density at radius 1 is 1.16 bits per heavy atom. The zero-order valence-corrected chi connectivity index (χ0v) is 14.9. The molecule has 128 valence electrons. The molecule has 2 aromatic carbocycles. The monoisotopic (exact) mass is 353 g/mol. The van der Waals surface area contributed by atoms with E-state index in [-0.39, 0.29) is 11.6 Å². The first kappa shape index (κ1) is 17.1. The predicted molar refractivity (Wildman–Crippen MR) is 103 cm³/mol. The highest BCUT2D eigenvalue weighted by atomic mass is 32.2. The number of benzene rings is 2. The van der Waals surface area contributed by atoms with Crippen LogP contribution in [0.4, 0.5) is 10.5 Å². The number of carbonyl (C=O) groups is 1. The average Bonchev–Trinajstić information content (AvgIpc) is 2.61. The summed E-state index contributed by atoms with van der Waals surface area (Å²) in [4.78, 5) is 29.8. The standard InChI is InChI=1S/C19H19N3O2S/c1-22(19(24)20-14-6-5-7-15(11-14)25-2)12-13-10-18(23)21-17-9-4-3-8-16(13)17/h3-11H,12H2,1-2H3,(H,20,24)(H,21,23). The van der Waals surface area contributed by atoms with Gasteiger partial charge in [0.2, 0.25) is 5.56 Å². The number of pyridine rings is 1. The van der Waals surface area contributed by atoms with Crippen molar-refractivity contribution in [2.45, 2.75) is 11.4 Å². The number of fused-ring (bicyclic) bond motifs is 1. The van der Waals surface area contributed by atoms with Gasteiger partial charge in [-0.1, -0.05) is 24.3 Å². The van der Waals surface area contributed by atoms with E-state index in [9.17, 15) is 9.59 Å². The number of aromatic nitrogens is 1. The Bertz CT molecular complexity index is 968. The molecule has 0 bridgehead atoms. The lowest BCUT2D eigenvalue weighted by Gasteiger charge is -2.19. The van der Waals surface area contributed by atoms with Gasteiger partial charge in [-0.3, -0.25) is 4.79 Å². The molecule has 0 fully saturated rings.